The number of hydrogen-bond acceptors (Lipinski definition) is 3. The Morgan fingerprint density at radius 1 is 1.31 bits per heavy atom. The van der Waals surface area contributed by atoms with E-state index < -0.39 is 11.6 Å². The molecule has 0 radical (unpaired) electrons. The number of carboxylic acid groups (broad SMARTS) is 1. The Labute approximate surface area is 173 Å². The van der Waals surface area contributed by atoms with Crippen LogP contribution in [0.25, 0.3) is 0 Å². The highest BCUT2D eigenvalue weighted by molar-refractivity contribution is 5.91. The first-order valence-electron chi connectivity index (χ1n) is 11.0. The van der Waals surface area contributed by atoms with E-state index >= 15 is 0 Å². The van der Waals surface area contributed by atoms with Gasteiger partial charge in [-0.15, -0.1) is 12.3 Å². The summed E-state index contributed by atoms with van der Waals surface area (Å²) in [5.74, 6) is 4.13. The quantitative estimate of drug-likeness (QED) is 0.553. The van der Waals surface area contributed by atoms with Gasteiger partial charge in [-0.2, -0.15) is 0 Å². The fourth-order valence-electron chi connectivity index (χ4n) is 7.53. The van der Waals surface area contributed by atoms with Gasteiger partial charge in [-0.25, -0.2) is 0 Å². The molecule has 4 aliphatic rings. The number of rotatable bonds is 4. The molecule has 156 valence electrons. The van der Waals surface area contributed by atoms with Gasteiger partial charge in [0.25, 0.3) is 0 Å². The van der Waals surface area contributed by atoms with Gasteiger partial charge in [-0.05, 0) is 80.3 Å². The largest absolute Gasteiger partial charge is 0.481 e. The molecule has 0 aromatic carbocycles. The number of ketones is 1. The Morgan fingerprint density at radius 2 is 2.07 bits per heavy atom. The third-order valence-corrected chi connectivity index (χ3v) is 8.90. The minimum atomic E-state index is -1.05. The van der Waals surface area contributed by atoms with Crippen molar-refractivity contribution in [3.8, 4) is 12.3 Å². The van der Waals surface area contributed by atoms with Crippen LogP contribution in [0.4, 0.5) is 0 Å². The number of carbonyl (C=O) groups excluding carboxylic acids is 1. The topological polar surface area (TPSA) is 74.6 Å². The van der Waals surface area contributed by atoms with E-state index in [0.717, 1.165) is 32.1 Å². The Hall–Kier alpha value is -1.86. The van der Waals surface area contributed by atoms with Gasteiger partial charge in [0.15, 0.2) is 5.78 Å². The summed E-state index contributed by atoms with van der Waals surface area (Å²) in [4.78, 5) is 23.0. The highest BCUT2D eigenvalue weighted by Crippen LogP contribution is 2.67. The number of aliphatic carboxylic acids is 1. The van der Waals surface area contributed by atoms with Crippen LogP contribution < -0.4 is 0 Å². The molecule has 0 bridgehead atoms. The normalized spacial score (nSPS) is 43.4. The van der Waals surface area contributed by atoms with Gasteiger partial charge < -0.3 is 10.2 Å². The van der Waals surface area contributed by atoms with Crippen molar-refractivity contribution < 1.29 is 19.8 Å². The van der Waals surface area contributed by atoms with E-state index in [1.807, 2.05) is 6.08 Å². The van der Waals surface area contributed by atoms with Crippen LogP contribution in [0, 0.1) is 47.3 Å². The van der Waals surface area contributed by atoms with E-state index in [1.165, 1.54) is 5.57 Å². The summed E-state index contributed by atoms with van der Waals surface area (Å²) in [6.45, 7) is 6.29. The first kappa shape index (κ1) is 20.4. The lowest BCUT2D eigenvalue weighted by atomic mass is 9.47. The summed E-state index contributed by atoms with van der Waals surface area (Å²) in [5, 5.41) is 20.9. The lowest BCUT2D eigenvalue weighted by molar-refractivity contribution is -0.137. The van der Waals surface area contributed by atoms with Crippen LogP contribution in [-0.4, -0.2) is 27.6 Å². The monoisotopic (exact) mass is 396 g/mol. The fraction of sp³-hybridized carbons (Fsp3) is 0.680. The number of hydrogen-bond donors (Lipinski definition) is 2. The van der Waals surface area contributed by atoms with Gasteiger partial charge >= 0.3 is 5.97 Å². The molecule has 0 saturated heterocycles. The highest BCUT2D eigenvalue weighted by Gasteiger charge is 2.65. The molecule has 0 amide bonds. The maximum Gasteiger partial charge on any atom is 0.303 e. The summed E-state index contributed by atoms with van der Waals surface area (Å²) in [6, 6.07) is 0. The molecule has 0 unspecified atom stereocenters. The predicted octanol–water partition coefficient (Wildman–Crippen LogP) is 4.14. The number of fused-ring (bicyclic) bond motifs is 5. The molecular formula is C25H32O4. The molecule has 0 aliphatic heterocycles. The maximum absolute atomic E-state index is 11.9. The minimum absolute atomic E-state index is 0.00321. The van der Waals surface area contributed by atoms with Gasteiger partial charge in [-0.1, -0.05) is 19.1 Å². The molecule has 4 rings (SSSR count). The Balaban J connectivity index is 1.66. The zero-order chi connectivity index (χ0) is 21.0. The van der Waals surface area contributed by atoms with Crippen molar-refractivity contribution in [3.05, 3.63) is 23.8 Å². The van der Waals surface area contributed by atoms with Crippen molar-refractivity contribution in [1.29, 1.82) is 0 Å². The fourth-order valence-corrected chi connectivity index (χ4v) is 7.53. The van der Waals surface area contributed by atoms with Crippen molar-refractivity contribution in [2.24, 2.45) is 35.0 Å². The van der Waals surface area contributed by atoms with Crippen molar-refractivity contribution >= 4 is 11.8 Å². The summed E-state index contributed by atoms with van der Waals surface area (Å²) < 4.78 is 0. The second kappa shape index (κ2) is 7.13. The minimum Gasteiger partial charge on any atom is -0.481 e. The zero-order valence-corrected chi connectivity index (χ0v) is 17.3. The number of allylic oxidation sites excluding steroid dienone is 1. The Bertz CT molecular complexity index is 817. The molecule has 2 N–H and O–H groups in total. The Morgan fingerprint density at radius 3 is 2.76 bits per heavy atom. The maximum atomic E-state index is 11.9. The summed E-state index contributed by atoms with van der Waals surface area (Å²) in [6.07, 6.45) is 14.1. The lowest BCUT2D eigenvalue weighted by Crippen LogP contribution is -2.56. The van der Waals surface area contributed by atoms with Gasteiger partial charge in [-0.3, -0.25) is 9.59 Å². The smallest absolute Gasteiger partial charge is 0.303 e. The summed E-state index contributed by atoms with van der Waals surface area (Å²) in [7, 11) is 0. The van der Waals surface area contributed by atoms with Crippen LogP contribution in [0.2, 0.25) is 0 Å². The van der Waals surface area contributed by atoms with Crippen molar-refractivity contribution in [3.63, 3.8) is 0 Å². The standard InChI is InChI=1S/C25H32O4/c1-4-16-14-24(3)21(11-12-25(24,29)15(2)5-10-22(27)28)20-8-6-17-13-18(26)7-9-19(17)23(16)20/h1,13,16,19-21,23,29H,2,5-12,14H2,3H3,(H,27,28)/t16-,19-,20-,21-,23+,24-,25+/m0/s1. The second-order valence-corrected chi connectivity index (χ2v) is 10.0. The van der Waals surface area contributed by atoms with Gasteiger partial charge in [0, 0.05) is 24.2 Å². The van der Waals surface area contributed by atoms with E-state index in [4.69, 9.17) is 11.5 Å². The summed E-state index contributed by atoms with van der Waals surface area (Å²) >= 11 is 0. The van der Waals surface area contributed by atoms with Crippen LogP contribution in [-0.2, 0) is 9.59 Å². The van der Waals surface area contributed by atoms with Crippen molar-refractivity contribution in [1.82, 2.24) is 0 Å². The Kier molecular flexibility index (Phi) is 5.02. The molecular weight excluding hydrogens is 364 g/mol. The van der Waals surface area contributed by atoms with Gasteiger partial charge in [0.2, 0.25) is 0 Å². The first-order chi connectivity index (χ1) is 13.7. The molecule has 3 saturated carbocycles. The third-order valence-electron chi connectivity index (χ3n) is 8.90. The van der Waals surface area contributed by atoms with E-state index in [2.05, 4.69) is 19.4 Å². The van der Waals surface area contributed by atoms with Crippen molar-refractivity contribution in [2.45, 2.75) is 70.3 Å². The average Bonchev–Trinajstić information content (AvgIpc) is 2.96. The molecule has 4 heteroatoms. The highest BCUT2D eigenvalue weighted by atomic mass is 16.4. The first-order valence-corrected chi connectivity index (χ1v) is 11.0. The van der Waals surface area contributed by atoms with Gasteiger partial charge in [0.05, 0.1) is 5.60 Å². The number of aliphatic hydroxyl groups is 1. The molecule has 7 atom stereocenters. The molecule has 0 aromatic heterocycles. The SMILES string of the molecule is C#C[C@H]1C[C@@]2(C)[C@@H](CC[C@@]2(O)C(=C)CCC(=O)O)[C@@H]2CCC3=CC(=O)CC[C@@H]3[C@H]21. The average molecular weight is 397 g/mol. The number of terminal acetylenes is 1. The van der Waals surface area contributed by atoms with E-state index in [-0.39, 0.29) is 23.5 Å². The van der Waals surface area contributed by atoms with Crippen LogP contribution in [0.3, 0.4) is 0 Å². The number of carboxylic acids is 1. The molecule has 0 aromatic rings. The molecule has 4 aliphatic carbocycles. The molecule has 29 heavy (non-hydrogen) atoms. The molecule has 0 heterocycles. The van der Waals surface area contributed by atoms with Crippen molar-refractivity contribution in [2.75, 3.05) is 0 Å². The molecule has 0 spiro atoms. The third kappa shape index (κ3) is 3.01. The predicted molar refractivity (Wildman–Crippen MR) is 111 cm³/mol. The zero-order valence-electron chi connectivity index (χ0n) is 17.3. The second-order valence-electron chi connectivity index (χ2n) is 10.0. The molecule has 3 fully saturated rings. The van der Waals surface area contributed by atoms with Crippen LogP contribution >= 0.6 is 0 Å². The van der Waals surface area contributed by atoms with Crippen LogP contribution in [0.5, 0.6) is 0 Å². The van der Waals surface area contributed by atoms with Gasteiger partial charge in [0.1, 0.15) is 0 Å². The van der Waals surface area contributed by atoms with Crippen LogP contribution in [0.15, 0.2) is 23.8 Å². The molecule has 4 nitrogen and oxygen atoms in total. The van der Waals surface area contributed by atoms with E-state index in [1.54, 1.807) is 0 Å². The van der Waals surface area contributed by atoms with Crippen LogP contribution in [0.1, 0.15) is 64.7 Å². The number of carbonyl (C=O) groups is 2. The summed E-state index contributed by atoms with van der Waals surface area (Å²) in [5.41, 5.74) is 0.530. The van der Waals surface area contributed by atoms with E-state index in [9.17, 15) is 14.7 Å². The lowest BCUT2D eigenvalue weighted by Gasteiger charge is -2.58. The van der Waals surface area contributed by atoms with E-state index in [0.29, 0.717) is 48.5 Å².